The van der Waals surface area contributed by atoms with Gasteiger partial charge in [0, 0.05) is 12.8 Å². The molecule has 0 aromatic heterocycles. The van der Waals surface area contributed by atoms with Gasteiger partial charge >= 0.3 is 0 Å². The minimum atomic E-state index is -0.369. The number of hydroxylamine groups is 1. The van der Waals surface area contributed by atoms with E-state index in [-0.39, 0.29) is 11.7 Å². The standard InChI is InChI=1S/C19H23NO4/c1-24-17-13-12-14-8-6-7-9-15(14)19(17)16(21)10-4-2-3-5-11-18(22)20-23/h6-9,12-13,23H,2-5,10-11H2,1H3,(H,20,22). The smallest absolute Gasteiger partial charge is 0.243 e. The topological polar surface area (TPSA) is 75.6 Å². The maximum absolute atomic E-state index is 12.6. The van der Waals surface area contributed by atoms with Crippen molar-refractivity contribution in [2.75, 3.05) is 7.11 Å². The summed E-state index contributed by atoms with van der Waals surface area (Å²) >= 11 is 0. The molecule has 5 heteroatoms. The molecular weight excluding hydrogens is 306 g/mol. The molecular formula is C19H23NO4. The number of hydrogen-bond donors (Lipinski definition) is 2. The molecule has 2 aromatic rings. The van der Waals surface area contributed by atoms with Gasteiger partial charge in [-0.15, -0.1) is 0 Å². The molecule has 0 aliphatic carbocycles. The molecule has 0 atom stereocenters. The Balaban J connectivity index is 1.95. The van der Waals surface area contributed by atoms with Crippen molar-refractivity contribution < 1.29 is 19.5 Å². The lowest BCUT2D eigenvalue weighted by molar-refractivity contribution is -0.129. The van der Waals surface area contributed by atoms with Crippen molar-refractivity contribution in [3.05, 3.63) is 42.0 Å². The van der Waals surface area contributed by atoms with E-state index in [9.17, 15) is 9.59 Å². The number of benzene rings is 2. The summed E-state index contributed by atoms with van der Waals surface area (Å²) in [4.78, 5) is 23.6. The van der Waals surface area contributed by atoms with E-state index < -0.39 is 0 Å². The van der Waals surface area contributed by atoms with E-state index in [4.69, 9.17) is 9.94 Å². The number of nitrogens with one attached hydrogen (secondary N) is 1. The molecule has 0 bridgehead atoms. The third-order valence-electron chi connectivity index (χ3n) is 4.07. The number of carbonyl (C=O) groups is 2. The van der Waals surface area contributed by atoms with Crippen LogP contribution in [-0.4, -0.2) is 24.0 Å². The van der Waals surface area contributed by atoms with Crippen LogP contribution in [0, 0.1) is 0 Å². The van der Waals surface area contributed by atoms with E-state index in [0.717, 1.165) is 30.0 Å². The minimum Gasteiger partial charge on any atom is -0.496 e. The number of unbranched alkanes of at least 4 members (excludes halogenated alkanes) is 3. The number of ether oxygens (including phenoxy) is 1. The number of Topliss-reactive ketones (excluding diaryl/α,β-unsaturated/α-hetero) is 1. The molecule has 0 unspecified atom stereocenters. The average Bonchev–Trinajstić information content (AvgIpc) is 2.62. The summed E-state index contributed by atoms with van der Waals surface area (Å²) in [7, 11) is 1.58. The molecule has 2 N–H and O–H groups in total. The van der Waals surface area contributed by atoms with E-state index in [1.807, 2.05) is 36.4 Å². The lowest BCUT2D eigenvalue weighted by Crippen LogP contribution is -2.17. The molecule has 0 saturated heterocycles. The summed E-state index contributed by atoms with van der Waals surface area (Å²) in [5.74, 6) is 0.321. The van der Waals surface area contributed by atoms with Crippen LogP contribution in [0.4, 0.5) is 0 Å². The Hall–Kier alpha value is -2.40. The highest BCUT2D eigenvalue weighted by atomic mass is 16.5. The van der Waals surface area contributed by atoms with Crippen molar-refractivity contribution in [1.82, 2.24) is 5.48 Å². The van der Waals surface area contributed by atoms with Crippen LogP contribution in [0.25, 0.3) is 10.8 Å². The third-order valence-corrected chi connectivity index (χ3v) is 4.07. The van der Waals surface area contributed by atoms with Gasteiger partial charge in [-0.05, 0) is 29.7 Å². The number of ketones is 1. The van der Waals surface area contributed by atoms with E-state index >= 15 is 0 Å². The number of fused-ring (bicyclic) bond motifs is 1. The Bertz CT molecular complexity index is 712. The van der Waals surface area contributed by atoms with Crippen molar-refractivity contribution in [3.63, 3.8) is 0 Å². The number of hydrogen-bond acceptors (Lipinski definition) is 4. The number of rotatable bonds is 9. The summed E-state index contributed by atoms with van der Waals surface area (Å²) in [6, 6.07) is 11.6. The Labute approximate surface area is 141 Å². The predicted octanol–water partition coefficient (Wildman–Crippen LogP) is 3.88. The van der Waals surface area contributed by atoms with E-state index in [1.54, 1.807) is 12.6 Å². The Kier molecular flexibility index (Phi) is 6.75. The van der Waals surface area contributed by atoms with Crippen LogP contribution >= 0.6 is 0 Å². The lowest BCUT2D eigenvalue weighted by atomic mass is 9.97. The predicted molar refractivity (Wildman–Crippen MR) is 92.5 cm³/mol. The van der Waals surface area contributed by atoms with Crippen LogP contribution in [0.3, 0.4) is 0 Å². The first-order valence-corrected chi connectivity index (χ1v) is 8.19. The average molecular weight is 329 g/mol. The molecule has 0 saturated carbocycles. The zero-order valence-electron chi connectivity index (χ0n) is 13.9. The third kappa shape index (κ3) is 4.55. The first kappa shape index (κ1) is 17.9. The van der Waals surface area contributed by atoms with Gasteiger partial charge in [0.15, 0.2) is 5.78 Å². The van der Waals surface area contributed by atoms with E-state index in [1.165, 1.54) is 0 Å². The fourth-order valence-electron chi connectivity index (χ4n) is 2.81. The Morgan fingerprint density at radius 2 is 1.71 bits per heavy atom. The zero-order valence-corrected chi connectivity index (χ0v) is 13.9. The van der Waals surface area contributed by atoms with Gasteiger partial charge in [0.05, 0.1) is 12.7 Å². The van der Waals surface area contributed by atoms with Gasteiger partial charge in [0.1, 0.15) is 5.75 Å². The van der Waals surface area contributed by atoms with E-state index in [2.05, 4.69) is 0 Å². The van der Waals surface area contributed by atoms with Crippen molar-refractivity contribution in [1.29, 1.82) is 0 Å². The van der Waals surface area contributed by atoms with Gasteiger partial charge in [-0.3, -0.25) is 14.8 Å². The maximum atomic E-state index is 12.6. The second-order valence-electron chi connectivity index (χ2n) is 5.74. The molecule has 24 heavy (non-hydrogen) atoms. The fourth-order valence-corrected chi connectivity index (χ4v) is 2.81. The van der Waals surface area contributed by atoms with Crippen LogP contribution in [0.15, 0.2) is 36.4 Å². The molecule has 128 valence electrons. The number of methoxy groups -OCH3 is 1. The van der Waals surface area contributed by atoms with Crippen LogP contribution in [0.5, 0.6) is 5.75 Å². The van der Waals surface area contributed by atoms with Crippen molar-refractivity contribution in [3.8, 4) is 5.75 Å². The molecule has 2 rings (SSSR count). The highest BCUT2D eigenvalue weighted by molar-refractivity contribution is 6.10. The second-order valence-corrected chi connectivity index (χ2v) is 5.74. The molecule has 0 radical (unpaired) electrons. The fraction of sp³-hybridized carbons (Fsp3) is 0.368. The zero-order chi connectivity index (χ0) is 17.4. The van der Waals surface area contributed by atoms with Crippen molar-refractivity contribution >= 4 is 22.5 Å². The largest absolute Gasteiger partial charge is 0.496 e. The Morgan fingerprint density at radius 1 is 1.00 bits per heavy atom. The van der Waals surface area contributed by atoms with Gasteiger partial charge in [-0.2, -0.15) is 0 Å². The molecule has 0 heterocycles. The number of carbonyl (C=O) groups excluding carboxylic acids is 2. The van der Waals surface area contributed by atoms with Crippen molar-refractivity contribution in [2.45, 2.75) is 38.5 Å². The molecule has 0 aliphatic rings. The highest BCUT2D eigenvalue weighted by Gasteiger charge is 2.15. The van der Waals surface area contributed by atoms with Crippen molar-refractivity contribution in [2.24, 2.45) is 0 Å². The summed E-state index contributed by atoms with van der Waals surface area (Å²) in [6.45, 7) is 0. The molecule has 0 spiro atoms. The summed E-state index contributed by atoms with van der Waals surface area (Å²) in [6.07, 6.45) is 3.97. The first-order chi connectivity index (χ1) is 11.7. The van der Waals surface area contributed by atoms with Crippen LogP contribution in [0.2, 0.25) is 0 Å². The van der Waals surface area contributed by atoms with Gasteiger partial charge < -0.3 is 4.74 Å². The number of amides is 1. The van der Waals surface area contributed by atoms with Gasteiger partial charge in [0.2, 0.25) is 5.91 Å². The lowest BCUT2D eigenvalue weighted by Gasteiger charge is -2.11. The minimum absolute atomic E-state index is 0.0803. The monoisotopic (exact) mass is 329 g/mol. The molecule has 2 aromatic carbocycles. The normalized spacial score (nSPS) is 10.6. The van der Waals surface area contributed by atoms with Crippen LogP contribution in [-0.2, 0) is 4.79 Å². The van der Waals surface area contributed by atoms with Crippen LogP contribution in [0.1, 0.15) is 48.9 Å². The molecule has 1 amide bonds. The van der Waals surface area contributed by atoms with Crippen LogP contribution < -0.4 is 10.2 Å². The van der Waals surface area contributed by atoms with Gasteiger partial charge in [-0.1, -0.05) is 43.2 Å². The highest BCUT2D eigenvalue weighted by Crippen LogP contribution is 2.29. The Morgan fingerprint density at radius 3 is 2.42 bits per heavy atom. The SMILES string of the molecule is COc1ccc2ccccc2c1C(=O)CCCCCCC(=O)NO. The first-order valence-electron chi connectivity index (χ1n) is 8.19. The summed E-state index contributed by atoms with van der Waals surface area (Å²) in [5.41, 5.74) is 2.27. The summed E-state index contributed by atoms with van der Waals surface area (Å²) in [5, 5.41) is 10.4. The van der Waals surface area contributed by atoms with Gasteiger partial charge in [0.25, 0.3) is 0 Å². The van der Waals surface area contributed by atoms with E-state index in [0.29, 0.717) is 30.6 Å². The quantitative estimate of drug-likeness (QED) is 0.317. The maximum Gasteiger partial charge on any atom is 0.243 e. The van der Waals surface area contributed by atoms with Gasteiger partial charge in [-0.25, -0.2) is 5.48 Å². The molecule has 5 nitrogen and oxygen atoms in total. The molecule has 0 fully saturated rings. The second kappa shape index (κ2) is 9.03. The molecule has 0 aliphatic heterocycles. The summed E-state index contributed by atoms with van der Waals surface area (Å²) < 4.78 is 5.37.